The molecule has 3 rings (SSSR count). The van der Waals surface area contributed by atoms with E-state index in [0.717, 1.165) is 43.8 Å². The molecule has 0 bridgehead atoms. The van der Waals surface area contributed by atoms with Crippen LogP contribution >= 0.6 is 11.3 Å². The lowest BCUT2D eigenvalue weighted by atomic mass is 10.2. The Balaban J connectivity index is 1.65. The fourth-order valence-electron chi connectivity index (χ4n) is 3.33. The van der Waals surface area contributed by atoms with Gasteiger partial charge in [-0.2, -0.15) is 0 Å². The number of methoxy groups -OCH3 is 1. The highest BCUT2D eigenvalue weighted by atomic mass is 32.1. The minimum atomic E-state index is -0.00143. The van der Waals surface area contributed by atoms with Crippen molar-refractivity contribution in [3.63, 3.8) is 0 Å². The Bertz CT molecular complexity index is 712. The predicted octanol–water partition coefficient (Wildman–Crippen LogP) is 2.27. The molecule has 2 heterocycles. The summed E-state index contributed by atoms with van der Waals surface area (Å²) in [5.74, 6) is 0.682. The van der Waals surface area contributed by atoms with Crippen LogP contribution in [-0.4, -0.2) is 38.8 Å². The standard InChI is InChI=1S/C20H26N2O3S/c1-15-7-8-19(24-2)18(11-15)21-20(23)14-22(12-16-5-3-9-25-16)13-17-6-4-10-26-17/h4,6-8,10-11,16H,3,5,9,12-14H2,1-2H3,(H,21,23)/p+1/t16-/m0/s1. The number of anilines is 1. The number of thiophene rings is 1. The van der Waals surface area contributed by atoms with Crippen LogP contribution in [0.3, 0.4) is 0 Å². The van der Waals surface area contributed by atoms with E-state index in [2.05, 4.69) is 22.8 Å². The third-order valence-corrected chi connectivity index (χ3v) is 5.46. The lowest BCUT2D eigenvalue weighted by Gasteiger charge is -2.22. The molecule has 5 nitrogen and oxygen atoms in total. The number of benzene rings is 1. The molecule has 2 aromatic rings. The Hall–Kier alpha value is -1.89. The van der Waals surface area contributed by atoms with Gasteiger partial charge < -0.3 is 19.7 Å². The van der Waals surface area contributed by atoms with Gasteiger partial charge in [-0.05, 0) is 48.9 Å². The van der Waals surface area contributed by atoms with Crippen LogP contribution < -0.4 is 15.0 Å². The first-order valence-corrected chi connectivity index (χ1v) is 9.94. The molecule has 1 unspecified atom stereocenters. The van der Waals surface area contributed by atoms with Crippen LogP contribution in [-0.2, 0) is 16.1 Å². The molecule has 1 fully saturated rings. The minimum Gasteiger partial charge on any atom is -0.495 e. The molecule has 0 saturated carbocycles. The second-order valence-electron chi connectivity index (χ2n) is 6.77. The zero-order chi connectivity index (χ0) is 18.4. The Labute approximate surface area is 158 Å². The molecule has 1 aliphatic rings. The first-order valence-electron chi connectivity index (χ1n) is 9.06. The predicted molar refractivity (Wildman–Crippen MR) is 104 cm³/mol. The summed E-state index contributed by atoms with van der Waals surface area (Å²) in [4.78, 5) is 15.2. The molecule has 2 atom stereocenters. The molecular formula is C20H27N2O3S+. The van der Waals surface area contributed by atoms with Crippen LogP contribution in [0.1, 0.15) is 23.3 Å². The van der Waals surface area contributed by atoms with Gasteiger partial charge in [0.1, 0.15) is 24.9 Å². The zero-order valence-electron chi connectivity index (χ0n) is 15.4. The fourth-order valence-corrected chi connectivity index (χ4v) is 4.11. The second kappa shape index (κ2) is 9.16. The normalized spacial score (nSPS) is 17.8. The van der Waals surface area contributed by atoms with Crippen molar-refractivity contribution in [2.24, 2.45) is 0 Å². The summed E-state index contributed by atoms with van der Waals surface area (Å²) in [6.45, 7) is 4.95. The zero-order valence-corrected chi connectivity index (χ0v) is 16.2. The van der Waals surface area contributed by atoms with Crippen LogP contribution in [0.4, 0.5) is 5.69 Å². The van der Waals surface area contributed by atoms with Crippen molar-refractivity contribution in [3.8, 4) is 5.75 Å². The Kier molecular flexibility index (Phi) is 6.66. The van der Waals surface area contributed by atoms with Crippen molar-refractivity contribution in [1.29, 1.82) is 0 Å². The van der Waals surface area contributed by atoms with E-state index in [1.165, 1.54) is 9.78 Å². The van der Waals surface area contributed by atoms with E-state index in [1.54, 1.807) is 18.4 Å². The highest BCUT2D eigenvalue weighted by Crippen LogP contribution is 2.24. The first-order chi connectivity index (χ1) is 12.6. The van der Waals surface area contributed by atoms with Crippen molar-refractivity contribution in [2.45, 2.75) is 32.4 Å². The van der Waals surface area contributed by atoms with Crippen molar-refractivity contribution < 1.29 is 19.2 Å². The second-order valence-corrected chi connectivity index (χ2v) is 7.81. The average molecular weight is 376 g/mol. The van der Waals surface area contributed by atoms with Gasteiger partial charge in [-0.25, -0.2) is 0 Å². The summed E-state index contributed by atoms with van der Waals surface area (Å²) >= 11 is 1.73. The van der Waals surface area contributed by atoms with Crippen molar-refractivity contribution in [3.05, 3.63) is 46.2 Å². The summed E-state index contributed by atoms with van der Waals surface area (Å²) < 4.78 is 11.1. The highest BCUT2D eigenvalue weighted by molar-refractivity contribution is 7.09. The maximum atomic E-state index is 12.7. The summed E-state index contributed by atoms with van der Waals surface area (Å²) in [7, 11) is 1.62. The average Bonchev–Trinajstić information content (AvgIpc) is 3.29. The highest BCUT2D eigenvalue weighted by Gasteiger charge is 2.24. The van der Waals surface area contributed by atoms with Gasteiger partial charge in [-0.3, -0.25) is 4.79 Å². The summed E-state index contributed by atoms with van der Waals surface area (Å²) in [5.41, 5.74) is 1.81. The van der Waals surface area contributed by atoms with Crippen LogP contribution in [0.25, 0.3) is 0 Å². The third-order valence-electron chi connectivity index (χ3n) is 4.58. The third kappa shape index (κ3) is 5.30. The molecule has 1 aliphatic heterocycles. The van der Waals surface area contributed by atoms with E-state index in [9.17, 15) is 4.79 Å². The SMILES string of the molecule is COc1ccc(C)cc1NC(=O)C[NH+](Cc1cccs1)C[C@@H]1CCCO1. The summed E-state index contributed by atoms with van der Waals surface area (Å²) in [5, 5.41) is 5.10. The summed E-state index contributed by atoms with van der Waals surface area (Å²) in [6.07, 6.45) is 2.46. The minimum absolute atomic E-state index is 0.00143. The molecule has 0 spiro atoms. The van der Waals surface area contributed by atoms with E-state index in [4.69, 9.17) is 9.47 Å². The van der Waals surface area contributed by atoms with Gasteiger partial charge in [-0.15, -0.1) is 11.3 Å². The van der Waals surface area contributed by atoms with Crippen LogP contribution in [0.15, 0.2) is 35.7 Å². The number of carbonyl (C=O) groups excluding carboxylic acids is 1. The molecular weight excluding hydrogens is 348 g/mol. The van der Waals surface area contributed by atoms with E-state index < -0.39 is 0 Å². The van der Waals surface area contributed by atoms with E-state index in [1.807, 2.05) is 25.1 Å². The molecule has 140 valence electrons. The smallest absolute Gasteiger partial charge is 0.279 e. The van der Waals surface area contributed by atoms with Crippen molar-refractivity contribution in [2.75, 3.05) is 32.1 Å². The number of aryl methyl sites for hydroxylation is 1. The molecule has 1 amide bonds. The number of ether oxygens (including phenoxy) is 2. The number of rotatable bonds is 8. The molecule has 2 N–H and O–H groups in total. The molecule has 26 heavy (non-hydrogen) atoms. The topological polar surface area (TPSA) is 52.0 Å². The maximum Gasteiger partial charge on any atom is 0.279 e. The molecule has 0 radical (unpaired) electrons. The van der Waals surface area contributed by atoms with Gasteiger partial charge >= 0.3 is 0 Å². The number of hydrogen-bond donors (Lipinski definition) is 2. The quantitative estimate of drug-likeness (QED) is 0.744. The molecule has 0 aliphatic carbocycles. The Morgan fingerprint density at radius 2 is 2.31 bits per heavy atom. The van der Waals surface area contributed by atoms with E-state index in [0.29, 0.717) is 12.3 Å². The molecule has 1 aromatic carbocycles. The fraction of sp³-hybridized carbons (Fsp3) is 0.450. The number of amides is 1. The molecule has 1 saturated heterocycles. The number of carbonyl (C=O) groups is 1. The van der Waals surface area contributed by atoms with Gasteiger partial charge in [0, 0.05) is 6.61 Å². The van der Waals surface area contributed by atoms with Crippen molar-refractivity contribution in [1.82, 2.24) is 0 Å². The Morgan fingerprint density at radius 3 is 3.00 bits per heavy atom. The van der Waals surface area contributed by atoms with Gasteiger partial charge in [0.25, 0.3) is 5.91 Å². The number of quaternary nitrogens is 1. The van der Waals surface area contributed by atoms with Crippen LogP contribution in [0, 0.1) is 6.92 Å². The van der Waals surface area contributed by atoms with Gasteiger partial charge in [0.15, 0.2) is 6.54 Å². The van der Waals surface area contributed by atoms with Crippen LogP contribution in [0.5, 0.6) is 5.75 Å². The first kappa shape index (κ1) is 18.9. The largest absolute Gasteiger partial charge is 0.495 e. The number of hydrogen-bond acceptors (Lipinski definition) is 4. The van der Waals surface area contributed by atoms with Crippen LogP contribution in [0.2, 0.25) is 0 Å². The lowest BCUT2D eigenvalue weighted by molar-refractivity contribution is -0.908. The van der Waals surface area contributed by atoms with Gasteiger partial charge in [0.05, 0.1) is 17.7 Å². The van der Waals surface area contributed by atoms with E-state index >= 15 is 0 Å². The van der Waals surface area contributed by atoms with Gasteiger partial charge in [-0.1, -0.05) is 12.1 Å². The maximum absolute atomic E-state index is 12.7. The molecule has 1 aromatic heterocycles. The van der Waals surface area contributed by atoms with E-state index in [-0.39, 0.29) is 12.0 Å². The van der Waals surface area contributed by atoms with Crippen molar-refractivity contribution >= 4 is 22.9 Å². The lowest BCUT2D eigenvalue weighted by Crippen LogP contribution is -3.12. The monoisotopic (exact) mass is 375 g/mol. The number of nitrogens with one attached hydrogen (secondary N) is 2. The summed E-state index contributed by atoms with van der Waals surface area (Å²) in [6, 6.07) is 9.98. The Morgan fingerprint density at radius 1 is 1.42 bits per heavy atom. The molecule has 6 heteroatoms. The van der Waals surface area contributed by atoms with Gasteiger partial charge in [0.2, 0.25) is 0 Å².